The van der Waals surface area contributed by atoms with E-state index in [-0.39, 0.29) is 63.4 Å². The Morgan fingerprint density at radius 1 is 1.03 bits per heavy atom. The maximum absolute atomic E-state index is 16.5. The van der Waals surface area contributed by atoms with Gasteiger partial charge in [0.1, 0.15) is 27.8 Å². The smallest absolute Gasteiger partial charge is 0.355 e. The van der Waals surface area contributed by atoms with Gasteiger partial charge in [-0.25, -0.2) is 26.4 Å². The van der Waals surface area contributed by atoms with Gasteiger partial charge in [0.25, 0.3) is 5.92 Å². The number of esters is 1. The van der Waals surface area contributed by atoms with E-state index in [9.17, 15) is 22.8 Å². The Bertz CT molecular complexity index is 2610. The maximum Gasteiger partial charge on any atom is 0.355 e. The fourth-order valence-electron chi connectivity index (χ4n) is 7.78. The molecule has 0 amide bonds. The number of carbonyl (C=O) groups is 1. The molecule has 0 saturated heterocycles. The van der Waals surface area contributed by atoms with Crippen LogP contribution in [0.5, 0.6) is 5.75 Å². The Balaban J connectivity index is 0.00000567. The molecule has 58 heavy (non-hydrogen) atoms. The Morgan fingerprint density at radius 2 is 1.79 bits per heavy atom. The topological polar surface area (TPSA) is 167 Å². The van der Waals surface area contributed by atoms with Gasteiger partial charge in [-0.05, 0) is 73.5 Å². The van der Waals surface area contributed by atoms with Crippen LogP contribution in [0.15, 0.2) is 77.7 Å². The van der Waals surface area contributed by atoms with E-state index in [4.69, 9.17) is 26.2 Å². The lowest BCUT2D eigenvalue weighted by Crippen LogP contribution is -2.70. The zero-order chi connectivity index (χ0) is 40.6. The van der Waals surface area contributed by atoms with Crippen LogP contribution >= 0.6 is 11.6 Å². The number of fused-ring (bicyclic) bond motifs is 3. The molecule has 3 heterocycles. The zero-order valence-corrected chi connectivity index (χ0v) is 33.6. The number of hydrogen-bond acceptors (Lipinski definition) is 7. The first-order valence-electron chi connectivity index (χ1n) is 18.6. The summed E-state index contributed by atoms with van der Waals surface area (Å²) in [7, 11) is -2.80. The normalized spacial score (nSPS) is 14.5. The number of sulfonamides is 1. The molecule has 0 bridgehead atoms. The number of carbonyl (C=O) groups excluding carboxylic acids is 1. The highest BCUT2D eigenvalue weighted by atomic mass is 35.5. The van der Waals surface area contributed by atoms with Crippen molar-refractivity contribution in [1.29, 1.82) is 0 Å². The van der Waals surface area contributed by atoms with E-state index >= 15 is 8.78 Å². The van der Waals surface area contributed by atoms with Crippen LogP contribution in [-0.2, 0) is 47.7 Å². The second kappa shape index (κ2) is 17.1. The summed E-state index contributed by atoms with van der Waals surface area (Å²) in [5, 5.41) is 18.7. The zero-order valence-electron chi connectivity index (χ0n) is 32.0. The van der Waals surface area contributed by atoms with E-state index in [1.165, 1.54) is 41.0 Å². The summed E-state index contributed by atoms with van der Waals surface area (Å²) >= 11 is 7.05. The van der Waals surface area contributed by atoms with Crippen molar-refractivity contribution in [3.63, 3.8) is 0 Å². The minimum absolute atomic E-state index is 0. The van der Waals surface area contributed by atoms with Gasteiger partial charge in [-0.15, -0.1) is 0 Å². The van der Waals surface area contributed by atoms with Crippen LogP contribution in [-0.4, -0.2) is 64.2 Å². The second-order valence-electron chi connectivity index (χ2n) is 13.9. The van der Waals surface area contributed by atoms with E-state index in [1.807, 2.05) is 6.92 Å². The molecule has 0 unspecified atom stereocenters. The first-order chi connectivity index (χ1) is 27.3. The first-order valence-corrected chi connectivity index (χ1v) is 20.4. The number of aromatic nitrogens is 3. The summed E-state index contributed by atoms with van der Waals surface area (Å²) in [5.41, 5.74) is 2.68. The van der Waals surface area contributed by atoms with Gasteiger partial charge in [-0.2, -0.15) is 9.40 Å². The van der Waals surface area contributed by atoms with E-state index in [1.54, 1.807) is 55.1 Å². The van der Waals surface area contributed by atoms with Gasteiger partial charge < -0.3 is 30.2 Å². The van der Waals surface area contributed by atoms with E-state index in [0.29, 0.717) is 57.2 Å². The summed E-state index contributed by atoms with van der Waals surface area (Å²) in [4.78, 5) is 13.6. The fraction of sp³-hybridized carbons (Fsp3) is 0.317. The molecule has 2 aromatic heterocycles. The highest BCUT2D eigenvalue weighted by Gasteiger charge is 2.40. The Morgan fingerprint density at radius 3 is 2.53 bits per heavy atom. The van der Waals surface area contributed by atoms with E-state index < -0.39 is 48.0 Å². The molecule has 308 valence electrons. The fourth-order valence-corrected chi connectivity index (χ4v) is 9.60. The number of nitrogens with two attached hydrogens (primary N) is 1. The van der Waals surface area contributed by atoms with Crippen molar-refractivity contribution < 1.29 is 46.8 Å². The van der Waals surface area contributed by atoms with E-state index in [2.05, 4.69) is 0 Å². The van der Waals surface area contributed by atoms with Gasteiger partial charge in [0.2, 0.25) is 10.0 Å². The van der Waals surface area contributed by atoms with Gasteiger partial charge >= 0.3 is 5.97 Å². The predicted molar refractivity (Wildman–Crippen MR) is 214 cm³/mol. The number of hydrogen-bond donors (Lipinski definition) is 1. The Hall–Kier alpha value is -4.97. The molecule has 0 saturated carbocycles. The van der Waals surface area contributed by atoms with Crippen LogP contribution in [0.3, 0.4) is 0 Å². The summed E-state index contributed by atoms with van der Waals surface area (Å²) in [6, 6.07) is 18.7. The van der Waals surface area contributed by atoms with Crippen molar-refractivity contribution >= 4 is 55.0 Å². The molecule has 6 aromatic rings. The summed E-state index contributed by atoms with van der Waals surface area (Å²) in [6.45, 7) is 1.65. The summed E-state index contributed by atoms with van der Waals surface area (Å²) < 4.78 is 90.9. The van der Waals surface area contributed by atoms with Gasteiger partial charge in [0.05, 0.1) is 42.5 Å². The molecule has 0 fully saturated rings. The predicted octanol–water partition coefficient (Wildman–Crippen LogP) is 6.84. The van der Waals surface area contributed by atoms with Crippen molar-refractivity contribution in [2.75, 3.05) is 19.8 Å². The average molecular weight is 842 g/mol. The molecule has 4 aromatic carbocycles. The van der Waals surface area contributed by atoms with Crippen LogP contribution in [0, 0.1) is 11.0 Å². The van der Waals surface area contributed by atoms with Gasteiger partial charge in [-0.1, -0.05) is 48.9 Å². The minimum Gasteiger partial charge on any atom is -0.630 e. The molecular formula is C41H43ClF3N5O7S. The second-order valence-corrected chi connectivity index (χ2v) is 16.2. The molecule has 0 spiro atoms. The lowest BCUT2D eigenvalue weighted by molar-refractivity contribution is -0.499. The SMILES string of the molecule is CCOC(=O)c1c(CCCOc2cccc3cc(F)ccc23)c2ccc(Cl)c3c2n1CC(F)(F)CCN(S(=O)(=O)c1ccccc1[NH2+][O-])Cc1nn(C)c(CC)c1-3.O. The van der Waals surface area contributed by atoms with Crippen LogP contribution in [0.25, 0.3) is 32.8 Å². The minimum atomic E-state index is -4.51. The molecule has 1 aliphatic rings. The Labute approximate surface area is 338 Å². The summed E-state index contributed by atoms with van der Waals surface area (Å²) in [6.07, 6.45) is 0.0877. The number of halogens is 4. The molecule has 0 atom stereocenters. The average Bonchev–Trinajstić information content (AvgIpc) is 3.65. The monoisotopic (exact) mass is 841 g/mol. The number of nitrogens with zero attached hydrogens (tertiary/aromatic N) is 4. The first kappa shape index (κ1) is 42.6. The lowest BCUT2D eigenvalue weighted by Gasteiger charge is -2.25. The van der Waals surface area contributed by atoms with Crippen molar-refractivity contribution in [3.8, 4) is 16.9 Å². The van der Waals surface area contributed by atoms with Crippen LogP contribution in [0.2, 0.25) is 5.02 Å². The maximum atomic E-state index is 16.5. The lowest BCUT2D eigenvalue weighted by atomic mass is 9.97. The van der Waals surface area contributed by atoms with Crippen LogP contribution in [0.1, 0.15) is 54.1 Å². The Kier molecular flexibility index (Phi) is 12.6. The quantitative estimate of drug-likeness (QED) is 0.0646. The molecule has 1 aliphatic heterocycles. The summed E-state index contributed by atoms with van der Waals surface area (Å²) in [5.74, 6) is -4.18. The van der Waals surface area contributed by atoms with Gasteiger partial charge in [-0.3, -0.25) is 4.68 Å². The molecule has 12 nitrogen and oxygen atoms in total. The third-order valence-electron chi connectivity index (χ3n) is 10.3. The molecule has 4 N–H and O–H groups in total. The third kappa shape index (κ3) is 7.92. The van der Waals surface area contributed by atoms with Gasteiger partial charge in [0.15, 0.2) is 0 Å². The van der Waals surface area contributed by atoms with Crippen molar-refractivity contribution in [1.82, 2.24) is 18.7 Å². The number of ether oxygens (including phenoxy) is 2. The van der Waals surface area contributed by atoms with Crippen LogP contribution in [0.4, 0.5) is 18.9 Å². The van der Waals surface area contributed by atoms with Crippen LogP contribution < -0.4 is 10.2 Å². The number of aryl methyl sites for hydroxylation is 2. The largest absolute Gasteiger partial charge is 0.630 e. The van der Waals surface area contributed by atoms with E-state index in [0.717, 1.165) is 9.69 Å². The number of rotatable bonds is 11. The molecule has 0 aliphatic carbocycles. The highest BCUT2D eigenvalue weighted by molar-refractivity contribution is 7.89. The number of benzene rings is 4. The standard InChI is InChI=1S/C41H41ClF3N5O6S.H2O/c1-4-33-37-32(46-48(33)3)23-49(57(53,54)35-14-7-6-12-31(35)47-52)20-19-41(44,45)24-50-38-29(17-18-30(42)36(37)38)28(39(50)40(51)55-5-2)11-9-21-56-34-13-8-10-25-22-26(43)15-16-27(25)34;/h6-8,10,12-18,22H,4-5,9,11,19-21,23-24,47H2,1-3H3;1H2. The number of quaternary nitrogens is 1. The molecular weight excluding hydrogens is 799 g/mol. The molecule has 17 heteroatoms. The molecule has 0 radical (unpaired) electrons. The van der Waals surface area contributed by atoms with Crippen molar-refractivity contribution in [2.45, 2.75) is 63.4 Å². The van der Waals surface area contributed by atoms with Crippen molar-refractivity contribution in [3.05, 3.63) is 111 Å². The molecule has 7 rings (SSSR count). The third-order valence-corrected chi connectivity index (χ3v) is 12.5. The van der Waals surface area contributed by atoms with Crippen molar-refractivity contribution in [2.24, 2.45) is 7.05 Å². The highest BCUT2D eigenvalue weighted by Crippen LogP contribution is 2.45. The number of alkyl halides is 2. The van der Waals surface area contributed by atoms with Gasteiger partial charge in [0, 0.05) is 53.7 Å².